The lowest BCUT2D eigenvalue weighted by molar-refractivity contribution is -0.135. The van der Waals surface area contributed by atoms with Gasteiger partial charge in [-0.2, -0.15) is 0 Å². The number of aliphatic hydroxyl groups is 1. The number of hydrogen-bond donors (Lipinski definition) is 3. The number of aliphatic carboxylic acids is 2. The lowest BCUT2D eigenvalue weighted by atomic mass is 10.3. The van der Waals surface area contributed by atoms with Crippen molar-refractivity contribution in [3.63, 3.8) is 0 Å². The quantitative estimate of drug-likeness (QED) is 0.343. The average molecular weight is 212 g/mol. The van der Waals surface area contributed by atoms with E-state index in [0.29, 0.717) is 6.08 Å². The first-order chi connectivity index (χ1) is 6.93. The predicted octanol–water partition coefficient (Wildman–Crippen LogP) is 0.279. The van der Waals surface area contributed by atoms with Crippen molar-refractivity contribution in [1.29, 1.82) is 0 Å². The summed E-state index contributed by atoms with van der Waals surface area (Å²) in [7, 11) is 0. The minimum Gasteiger partial charge on any atom is -0.502 e. The van der Waals surface area contributed by atoms with Crippen molar-refractivity contribution in [2.45, 2.75) is 0 Å². The molecule has 3 N–H and O–H groups in total. The minimum absolute atomic E-state index is 0.633. The van der Waals surface area contributed by atoms with Gasteiger partial charge in [-0.05, 0) is 18.2 Å². The van der Waals surface area contributed by atoms with Gasteiger partial charge < -0.3 is 15.3 Å². The number of carbonyl (C=O) groups is 3. The number of carbonyl (C=O) groups excluding carboxylic acids is 1. The second-order valence-electron chi connectivity index (χ2n) is 2.29. The highest BCUT2D eigenvalue weighted by molar-refractivity contribution is 6.02. The van der Waals surface area contributed by atoms with Crippen molar-refractivity contribution in [2.24, 2.45) is 0 Å². The summed E-state index contributed by atoms with van der Waals surface area (Å²) >= 11 is 0. The summed E-state index contributed by atoms with van der Waals surface area (Å²) < 4.78 is 0. The molecule has 0 fully saturated rings. The molecule has 6 heteroatoms. The van der Waals surface area contributed by atoms with Crippen molar-refractivity contribution in [3.8, 4) is 0 Å². The van der Waals surface area contributed by atoms with Gasteiger partial charge in [0, 0.05) is 6.08 Å². The van der Waals surface area contributed by atoms with Crippen LogP contribution < -0.4 is 0 Å². The molecule has 0 aliphatic heterocycles. The summed E-state index contributed by atoms with van der Waals surface area (Å²) in [5.41, 5.74) is 0. The number of aliphatic hydroxyl groups excluding tert-OH is 1. The van der Waals surface area contributed by atoms with Crippen molar-refractivity contribution in [1.82, 2.24) is 0 Å². The van der Waals surface area contributed by atoms with Crippen LogP contribution in [0.25, 0.3) is 0 Å². The third-order valence-electron chi connectivity index (χ3n) is 1.12. The molecule has 0 amide bonds. The van der Waals surface area contributed by atoms with E-state index < -0.39 is 23.5 Å². The van der Waals surface area contributed by atoms with E-state index >= 15 is 0 Å². The van der Waals surface area contributed by atoms with Crippen LogP contribution in [0.2, 0.25) is 0 Å². The second-order valence-corrected chi connectivity index (χ2v) is 2.29. The van der Waals surface area contributed by atoms with Crippen molar-refractivity contribution >= 4 is 17.7 Å². The molecular weight excluding hydrogens is 204 g/mol. The van der Waals surface area contributed by atoms with E-state index in [1.165, 1.54) is 0 Å². The minimum atomic E-state index is -1.52. The normalized spacial score (nSPS) is 12.1. The van der Waals surface area contributed by atoms with E-state index in [1.54, 1.807) is 0 Å². The standard InChI is InChI=1S/C9H8O6/c10-6(4-5-8(12)13)2-1-3-7(11)9(14)15/h1-5,11H,(H,12,13)(H,14,15). The molecule has 0 rings (SSSR count). The Labute approximate surface area is 84.5 Å². The van der Waals surface area contributed by atoms with Gasteiger partial charge in [-0.25, -0.2) is 9.59 Å². The SMILES string of the molecule is O=C(O)C=CC(=O)C=CC=C(O)C(=O)O. The Hall–Kier alpha value is -2.37. The highest BCUT2D eigenvalue weighted by atomic mass is 16.4. The first-order valence-electron chi connectivity index (χ1n) is 3.69. The van der Waals surface area contributed by atoms with Crippen molar-refractivity contribution in [3.05, 3.63) is 36.1 Å². The van der Waals surface area contributed by atoms with Gasteiger partial charge in [-0.15, -0.1) is 0 Å². The monoisotopic (exact) mass is 212 g/mol. The largest absolute Gasteiger partial charge is 0.502 e. The van der Waals surface area contributed by atoms with Gasteiger partial charge in [-0.1, -0.05) is 6.08 Å². The van der Waals surface area contributed by atoms with Gasteiger partial charge in [0.25, 0.3) is 0 Å². The van der Waals surface area contributed by atoms with Gasteiger partial charge in [-0.3, -0.25) is 4.79 Å². The van der Waals surface area contributed by atoms with Crippen LogP contribution in [0.4, 0.5) is 0 Å². The average Bonchev–Trinajstić information content (AvgIpc) is 2.14. The summed E-state index contributed by atoms with van der Waals surface area (Å²) in [6, 6.07) is 0. The molecule has 0 bridgehead atoms. The lowest BCUT2D eigenvalue weighted by Crippen LogP contribution is -1.98. The molecule has 0 saturated carbocycles. The fraction of sp³-hybridized carbons (Fsp3) is 0. The Morgan fingerprint density at radius 3 is 1.93 bits per heavy atom. The van der Waals surface area contributed by atoms with Gasteiger partial charge in [0.1, 0.15) is 0 Å². The summed E-state index contributed by atoms with van der Waals surface area (Å²) in [6.07, 6.45) is 4.16. The second kappa shape index (κ2) is 6.14. The maximum atomic E-state index is 10.8. The number of allylic oxidation sites excluding steroid dienone is 4. The van der Waals surface area contributed by atoms with E-state index in [4.69, 9.17) is 15.3 Å². The van der Waals surface area contributed by atoms with E-state index in [9.17, 15) is 14.4 Å². The molecule has 0 atom stereocenters. The number of rotatable bonds is 5. The molecule has 0 aromatic carbocycles. The molecule has 15 heavy (non-hydrogen) atoms. The molecule has 0 aromatic rings. The van der Waals surface area contributed by atoms with Gasteiger partial charge in [0.2, 0.25) is 5.76 Å². The van der Waals surface area contributed by atoms with Gasteiger partial charge in [0.15, 0.2) is 5.78 Å². The number of hydrogen-bond acceptors (Lipinski definition) is 4. The number of carboxylic acid groups (broad SMARTS) is 2. The maximum Gasteiger partial charge on any atom is 0.370 e. The predicted molar refractivity (Wildman–Crippen MR) is 49.3 cm³/mol. The van der Waals surface area contributed by atoms with Crippen LogP contribution in [0.5, 0.6) is 0 Å². The molecule has 80 valence electrons. The fourth-order valence-corrected chi connectivity index (χ4v) is 0.514. The van der Waals surface area contributed by atoms with E-state index in [-0.39, 0.29) is 0 Å². The highest BCUT2D eigenvalue weighted by Gasteiger charge is 2.00. The maximum absolute atomic E-state index is 10.8. The van der Waals surface area contributed by atoms with Crippen LogP contribution in [-0.2, 0) is 14.4 Å². The molecular formula is C9H8O6. The topological polar surface area (TPSA) is 112 Å². The molecule has 0 heterocycles. The van der Waals surface area contributed by atoms with Crippen LogP contribution in [0, 0.1) is 0 Å². The lowest BCUT2D eigenvalue weighted by Gasteiger charge is -1.86. The summed E-state index contributed by atoms with van der Waals surface area (Å²) in [4.78, 5) is 30.8. The number of ketones is 1. The van der Waals surface area contributed by atoms with Gasteiger partial charge >= 0.3 is 11.9 Å². The third-order valence-corrected chi connectivity index (χ3v) is 1.12. The van der Waals surface area contributed by atoms with Crippen LogP contribution in [0.3, 0.4) is 0 Å². The van der Waals surface area contributed by atoms with Crippen LogP contribution in [-0.4, -0.2) is 33.0 Å². The number of carboxylic acids is 2. The first-order valence-corrected chi connectivity index (χ1v) is 3.69. The molecule has 0 aliphatic carbocycles. The molecule has 0 saturated heterocycles. The Balaban J connectivity index is 4.31. The molecule has 0 radical (unpaired) electrons. The van der Waals surface area contributed by atoms with Crippen LogP contribution in [0.15, 0.2) is 36.1 Å². The Bertz CT molecular complexity index is 361. The zero-order chi connectivity index (χ0) is 11.8. The Kier molecular flexibility index (Phi) is 5.17. The van der Waals surface area contributed by atoms with E-state index in [2.05, 4.69) is 0 Å². The third kappa shape index (κ3) is 6.76. The fourth-order valence-electron chi connectivity index (χ4n) is 0.514. The Morgan fingerprint density at radius 1 is 0.867 bits per heavy atom. The smallest absolute Gasteiger partial charge is 0.370 e. The zero-order valence-electron chi connectivity index (χ0n) is 7.45. The molecule has 6 nitrogen and oxygen atoms in total. The molecule has 0 unspecified atom stereocenters. The first kappa shape index (κ1) is 12.6. The van der Waals surface area contributed by atoms with Crippen LogP contribution >= 0.6 is 0 Å². The van der Waals surface area contributed by atoms with Crippen molar-refractivity contribution in [2.75, 3.05) is 0 Å². The zero-order valence-corrected chi connectivity index (χ0v) is 7.45. The van der Waals surface area contributed by atoms with E-state index in [1.807, 2.05) is 0 Å². The molecule has 0 spiro atoms. The summed E-state index contributed by atoms with van der Waals surface area (Å²) in [5, 5.41) is 25.0. The molecule has 0 aliphatic rings. The van der Waals surface area contributed by atoms with Gasteiger partial charge in [0.05, 0.1) is 0 Å². The van der Waals surface area contributed by atoms with E-state index in [0.717, 1.165) is 24.3 Å². The van der Waals surface area contributed by atoms with Crippen LogP contribution in [0.1, 0.15) is 0 Å². The summed E-state index contributed by atoms with van der Waals surface area (Å²) in [5.74, 6) is -4.33. The Morgan fingerprint density at radius 2 is 1.47 bits per heavy atom. The van der Waals surface area contributed by atoms with Crippen molar-refractivity contribution < 1.29 is 29.7 Å². The summed E-state index contributed by atoms with van der Waals surface area (Å²) in [6.45, 7) is 0. The molecule has 0 aromatic heterocycles. The highest BCUT2D eigenvalue weighted by Crippen LogP contribution is 1.89.